The lowest BCUT2D eigenvalue weighted by molar-refractivity contribution is 0.102. The van der Waals surface area contributed by atoms with Crippen molar-refractivity contribution < 1.29 is 4.79 Å². The Bertz CT molecular complexity index is 1510. The maximum atomic E-state index is 13.4. The molecule has 168 valence electrons. The molecule has 5 aromatic rings. The van der Waals surface area contributed by atoms with E-state index in [0.717, 1.165) is 34.1 Å². The number of aromatic nitrogens is 2. The van der Waals surface area contributed by atoms with Crippen LogP contribution >= 0.6 is 34.5 Å². The third-order valence-electron chi connectivity index (χ3n) is 5.55. The van der Waals surface area contributed by atoms with Gasteiger partial charge in [0.25, 0.3) is 5.91 Å². The summed E-state index contributed by atoms with van der Waals surface area (Å²) in [4.78, 5) is 22.7. The smallest absolute Gasteiger partial charge is 0.258 e. The summed E-state index contributed by atoms with van der Waals surface area (Å²) in [5.74, 6) is -0.242. The number of aryl methyl sites for hydroxylation is 1. The zero-order chi connectivity index (χ0) is 23.7. The molecule has 3 aromatic carbocycles. The highest BCUT2D eigenvalue weighted by Gasteiger charge is 2.16. The summed E-state index contributed by atoms with van der Waals surface area (Å²) < 4.78 is 0. The summed E-state index contributed by atoms with van der Waals surface area (Å²) >= 11 is 13.7. The Balaban J connectivity index is 1.49. The van der Waals surface area contributed by atoms with Gasteiger partial charge in [-0.25, -0.2) is 9.97 Å². The number of fused-ring (bicyclic) bond motifs is 1. The van der Waals surface area contributed by atoms with Crippen LogP contribution in [0, 0.1) is 0 Å². The molecule has 2 aromatic heterocycles. The average Bonchev–Trinajstić information content (AvgIpc) is 3.31. The molecule has 0 spiro atoms. The molecule has 0 bridgehead atoms. The normalized spacial score (nSPS) is 11.0. The second kappa shape index (κ2) is 9.55. The average molecular weight is 504 g/mol. The highest BCUT2D eigenvalue weighted by Crippen LogP contribution is 2.33. The molecule has 7 heteroatoms. The molecule has 0 fully saturated rings. The number of thiazole rings is 1. The second-order valence-corrected chi connectivity index (χ2v) is 9.44. The summed E-state index contributed by atoms with van der Waals surface area (Å²) in [6.07, 6.45) is 0.968. The van der Waals surface area contributed by atoms with Gasteiger partial charge in [-0.2, -0.15) is 0 Å². The Morgan fingerprint density at radius 2 is 1.74 bits per heavy atom. The van der Waals surface area contributed by atoms with Gasteiger partial charge in [0, 0.05) is 26.9 Å². The minimum absolute atomic E-state index is 0.242. The Hall–Kier alpha value is -3.25. The number of nitrogens with one attached hydrogen (secondary N) is 1. The van der Waals surface area contributed by atoms with Crippen LogP contribution in [0.1, 0.15) is 22.8 Å². The topological polar surface area (TPSA) is 54.9 Å². The first-order chi connectivity index (χ1) is 16.5. The standard InChI is InChI=1S/C27H19Cl2N3OS/c1-2-16-7-9-17(10-8-16)24-14-21(19-5-3-4-6-23(19)30-24)26(33)32-27-31-25(15-34-27)20-12-11-18(28)13-22(20)29/h3-15H,2H2,1H3,(H,31,32,33). The van der Waals surface area contributed by atoms with Gasteiger partial charge >= 0.3 is 0 Å². The second-order valence-electron chi connectivity index (χ2n) is 7.74. The molecule has 1 amide bonds. The van der Waals surface area contributed by atoms with Crippen LogP contribution in [0.25, 0.3) is 33.4 Å². The van der Waals surface area contributed by atoms with Gasteiger partial charge in [-0.05, 0) is 42.3 Å². The molecular weight excluding hydrogens is 485 g/mol. The van der Waals surface area contributed by atoms with Crippen molar-refractivity contribution in [3.05, 3.63) is 99.3 Å². The van der Waals surface area contributed by atoms with Crippen molar-refractivity contribution in [3.63, 3.8) is 0 Å². The first kappa shape index (κ1) is 22.5. The molecule has 0 saturated heterocycles. The van der Waals surface area contributed by atoms with Gasteiger partial charge in [0.15, 0.2) is 5.13 Å². The Morgan fingerprint density at radius 1 is 0.941 bits per heavy atom. The molecule has 0 aliphatic heterocycles. The Kier molecular flexibility index (Phi) is 6.33. The van der Waals surface area contributed by atoms with Crippen LogP contribution in [0.4, 0.5) is 5.13 Å². The summed E-state index contributed by atoms with van der Waals surface area (Å²) in [5.41, 5.74) is 5.71. The van der Waals surface area contributed by atoms with E-state index in [1.54, 1.807) is 12.1 Å². The molecule has 1 N–H and O–H groups in total. The van der Waals surface area contributed by atoms with Gasteiger partial charge in [-0.15, -0.1) is 11.3 Å². The van der Waals surface area contributed by atoms with Crippen molar-refractivity contribution in [2.24, 2.45) is 0 Å². The van der Waals surface area contributed by atoms with Gasteiger partial charge < -0.3 is 0 Å². The lowest BCUT2D eigenvalue weighted by Crippen LogP contribution is -2.13. The first-order valence-corrected chi connectivity index (χ1v) is 12.4. The molecule has 0 aliphatic rings. The maximum Gasteiger partial charge on any atom is 0.258 e. The van der Waals surface area contributed by atoms with E-state index in [0.29, 0.717) is 26.4 Å². The minimum Gasteiger partial charge on any atom is -0.298 e. The van der Waals surface area contributed by atoms with Gasteiger partial charge in [0.05, 0.1) is 27.5 Å². The number of halogens is 2. The highest BCUT2D eigenvalue weighted by atomic mass is 35.5. The van der Waals surface area contributed by atoms with Crippen LogP contribution in [0.15, 0.2) is 78.2 Å². The van der Waals surface area contributed by atoms with E-state index in [1.165, 1.54) is 16.9 Å². The van der Waals surface area contributed by atoms with E-state index in [-0.39, 0.29) is 5.91 Å². The molecule has 5 rings (SSSR count). The third kappa shape index (κ3) is 4.55. The molecule has 0 aliphatic carbocycles. The number of para-hydroxylation sites is 1. The van der Waals surface area contributed by atoms with Crippen LogP contribution in [0.2, 0.25) is 10.0 Å². The molecule has 0 radical (unpaired) electrons. The highest BCUT2D eigenvalue weighted by molar-refractivity contribution is 7.14. The predicted octanol–water partition coefficient (Wildman–Crippen LogP) is 8.15. The number of benzene rings is 3. The molecular formula is C27H19Cl2N3OS. The molecule has 2 heterocycles. The van der Waals surface area contributed by atoms with Crippen molar-refractivity contribution in [2.75, 3.05) is 5.32 Å². The number of carbonyl (C=O) groups excluding carboxylic acids is 1. The van der Waals surface area contributed by atoms with Crippen molar-refractivity contribution in [2.45, 2.75) is 13.3 Å². The van der Waals surface area contributed by atoms with Crippen molar-refractivity contribution in [1.29, 1.82) is 0 Å². The van der Waals surface area contributed by atoms with Crippen molar-refractivity contribution in [1.82, 2.24) is 9.97 Å². The first-order valence-electron chi connectivity index (χ1n) is 10.7. The van der Waals surface area contributed by atoms with Crippen LogP contribution in [0.3, 0.4) is 0 Å². The number of anilines is 1. The van der Waals surface area contributed by atoms with E-state index < -0.39 is 0 Å². The zero-order valence-corrected chi connectivity index (χ0v) is 20.5. The lowest BCUT2D eigenvalue weighted by atomic mass is 10.0. The molecule has 0 atom stereocenters. The summed E-state index contributed by atoms with van der Waals surface area (Å²) in [7, 11) is 0. The number of hydrogen-bond donors (Lipinski definition) is 1. The SMILES string of the molecule is CCc1ccc(-c2cc(C(=O)Nc3nc(-c4ccc(Cl)cc4Cl)cs3)c3ccccc3n2)cc1. The van der Waals surface area contributed by atoms with E-state index in [1.807, 2.05) is 53.9 Å². The summed E-state index contributed by atoms with van der Waals surface area (Å²) in [6.45, 7) is 2.12. The zero-order valence-electron chi connectivity index (χ0n) is 18.2. The Labute approximate surface area is 211 Å². The van der Waals surface area contributed by atoms with E-state index in [2.05, 4.69) is 29.4 Å². The number of pyridine rings is 1. The number of carbonyl (C=O) groups is 1. The summed E-state index contributed by atoms with van der Waals surface area (Å²) in [5, 5.41) is 7.13. The van der Waals surface area contributed by atoms with Crippen LogP contribution in [-0.4, -0.2) is 15.9 Å². The van der Waals surface area contributed by atoms with Crippen molar-refractivity contribution in [3.8, 4) is 22.5 Å². The monoisotopic (exact) mass is 503 g/mol. The molecule has 0 saturated carbocycles. The number of nitrogens with zero attached hydrogens (tertiary/aromatic N) is 2. The van der Waals surface area contributed by atoms with Gasteiger partial charge in [0.1, 0.15) is 0 Å². The molecule has 4 nitrogen and oxygen atoms in total. The number of amides is 1. The summed E-state index contributed by atoms with van der Waals surface area (Å²) in [6, 6.07) is 23.0. The van der Waals surface area contributed by atoms with Gasteiger partial charge in [0.2, 0.25) is 0 Å². The fraction of sp³-hybridized carbons (Fsp3) is 0.0741. The van der Waals surface area contributed by atoms with Crippen molar-refractivity contribution >= 4 is 56.5 Å². The van der Waals surface area contributed by atoms with Crippen LogP contribution in [-0.2, 0) is 6.42 Å². The van der Waals surface area contributed by atoms with E-state index in [9.17, 15) is 4.79 Å². The predicted molar refractivity (Wildman–Crippen MR) is 142 cm³/mol. The van der Waals surface area contributed by atoms with Gasteiger partial charge in [-0.3, -0.25) is 10.1 Å². The number of rotatable bonds is 5. The van der Waals surface area contributed by atoms with E-state index in [4.69, 9.17) is 28.2 Å². The van der Waals surface area contributed by atoms with Gasteiger partial charge in [-0.1, -0.05) is 72.6 Å². The largest absolute Gasteiger partial charge is 0.298 e. The minimum atomic E-state index is -0.242. The Morgan fingerprint density at radius 3 is 2.50 bits per heavy atom. The maximum absolute atomic E-state index is 13.4. The fourth-order valence-corrected chi connectivity index (χ4v) is 4.95. The molecule has 34 heavy (non-hydrogen) atoms. The number of hydrogen-bond acceptors (Lipinski definition) is 4. The molecule has 0 unspecified atom stereocenters. The van der Waals surface area contributed by atoms with E-state index >= 15 is 0 Å². The van der Waals surface area contributed by atoms with Crippen LogP contribution in [0.5, 0.6) is 0 Å². The quantitative estimate of drug-likeness (QED) is 0.263. The third-order valence-corrected chi connectivity index (χ3v) is 6.86. The van der Waals surface area contributed by atoms with Crippen LogP contribution < -0.4 is 5.32 Å². The fourth-order valence-electron chi connectivity index (χ4n) is 3.74. The lowest BCUT2D eigenvalue weighted by Gasteiger charge is -2.10.